The first kappa shape index (κ1) is 14.0. The Morgan fingerprint density at radius 3 is 2.94 bits per heavy atom. The van der Waals surface area contributed by atoms with Gasteiger partial charge in [-0.2, -0.15) is 0 Å². The molecule has 0 saturated carbocycles. The van der Waals surface area contributed by atoms with E-state index in [1.807, 2.05) is 24.4 Å². The van der Waals surface area contributed by atoms with Gasteiger partial charge in [0.15, 0.2) is 0 Å². The molecule has 0 aliphatic rings. The summed E-state index contributed by atoms with van der Waals surface area (Å²) in [6.07, 6.45) is 3.01. The molecular weight excluding hydrogens is 332 g/mol. The first-order valence-corrected chi connectivity index (χ1v) is 7.76. The van der Waals surface area contributed by atoms with Crippen LogP contribution in [-0.2, 0) is 19.5 Å². The maximum Gasteiger partial charge on any atom is 0.107 e. The van der Waals surface area contributed by atoms with E-state index in [-0.39, 0.29) is 0 Å². The fourth-order valence-corrected chi connectivity index (χ4v) is 2.99. The summed E-state index contributed by atoms with van der Waals surface area (Å²) in [5.74, 6) is 0. The number of nitrogens with zero attached hydrogens (tertiary/aromatic N) is 1. The Kier molecular flexibility index (Phi) is 5.18. The largest absolute Gasteiger partial charge is 0.306 e. The molecule has 0 aliphatic heterocycles. The monoisotopic (exact) mass is 344 g/mol. The van der Waals surface area contributed by atoms with Crippen molar-refractivity contribution in [2.24, 2.45) is 0 Å². The molecule has 0 atom stereocenters. The third kappa shape index (κ3) is 3.79. The maximum absolute atomic E-state index is 5.98. The zero-order chi connectivity index (χ0) is 13.0. The third-order valence-corrected chi connectivity index (χ3v) is 4.70. The molecule has 1 aromatic heterocycles. The predicted molar refractivity (Wildman–Crippen MR) is 81.2 cm³/mol. The van der Waals surface area contributed by atoms with Crippen LogP contribution in [0.15, 0.2) is 28.9 Å². The van der Waals surface area contributed by atoms with Gasteiger partial charge < -0.3 is 5.32 Å². The van der Waals surface area contributed by atoms with E-state index >= 15 is 0 Å². The smallest absolute Gasteiger partial charge is 0.107 e. The zero-order valence-electron chi connectivity index (χ0n) is 10.0. The predicted octanol–water partition coefficient (Wildman–Crippen LogP) is 4.41. The van der Waals surface area contributed by atoms with E-state index in [0.29, 0.717) is 0 Å². The standard InChI is InChI=1S/C13H14BrClN2S/c1-2-11-7-17-13(18-11)8-16-6-9-5-10(15)3-4-12(9)14/h3-5,7,16H,2,6,8H2,1H3. The second-order valence-electron chi connectivity index (χ2n) is 3.91. The minimum Gasteiger partial charge on any atom is -0.306 e. The van der Waals surface area contributed by atoms with E-state index in [9.17, 15) is 0 Å². The van der Waals surface area contributed by atoms with Crippen LogP contribution in [0, 0.1) is 0 Å². The Balaban J connectivity index is 1.90. The molecular formula is C13H14BrClN2S. The number of hydrogen-bond acceptors (Lipinski definition) is 3. The van der Waals surface area contributed by atoms with Crippen LogP contribution in [0.5, 0.6) is 0 Å². The lowest BCUT2D eigenvalue weighted by Crippen LogP contribution is -2.12. The zero-order valence-corrected chi connectivity index (χ0v) is 13.2. The number of rotatable bonds is 5. The van der Waals surface area contributed by atoms with Crippen molar-refractivity contribution in [2.75, 3.05) is 0 Å². The van der Waals surface area contributed by atoms with E-state index in [1.54, 1.807) is 11.3 Å². The molecule has 5 heteroatoms. The average molecular weight is 346 g/mol. The molecule has 0 radical (unpaired) electrons. The molecule has 96 valence electrons. The minimum absolute atomic E-state index is 0.762. The summed E-state index contributed by atoms with van der Waals surface area (Å²) >= 11 is 11.3. The molecule has 2 nitrogen and oxygen atoms in total. The Hall–Kier alpha value is -0.420. The first-order valence-electron chi connectivity index (χ1n) is 5.77. The van der Waals surface area contributed by atoms with E-state index < -0.39 is 0 Å². The molecule has 18 heavy (non-hydrogen) atoms. The van der Waals surface area contributed by atoms with E-state index in [1.165, 1.54) is 4.88 Å². The Bertz CT molecular complexity index is 527. The molecule has 1 heterocycles. The lowest BCUT2D eigenvalue weighted by Gasteiger charge is -2.06. The van der Waals surface area contributed by atoms with Crippen LogP contribution >= 0.6 is 38.9 Å². The van der Waals surface area contributed by atoms with Gasteiger partial charge in [0.1, 0.15) is 5.01 Å². The number of hydrogen-bond donors (Lipinski definition) is 1. The number of aryl methyl sites for hydroxylation is 1. The Labute approximate surface area is 125 Å². The molecule has 0 amide bonds. The van der Waals surface area contributed by atoms with Crippen LogP contribution in [0.25, 0.3) is 0 Å². The summed E-state index contributed by atoms with van der Waals surface area (Å²) in [6.45, 7) is 3.72. The highest BCUT2D eigenvalue weighted by Crippen LogP contribution is 2.21. The fourth-order valence-electron chi connectivity index (χ4n) is 1.58. The summed E-state index contributed by atoms with van der Waals surface area (Å²) in [5, 5.41) is 5.27. The van der Waals surface area contributed by atoms with Gasteiger partial charge in [-0.15, -0.1) is 11.3 Å². The summed E-state index contributed by atoms with van der Waals surface area (Å²) < 4.78 is 1.08. The van der Waals surface area contributed by atoms with Crippen molar-refractivity contribution in [3.63, 3.8) is 0 Å². The van der Waals surface area contributed by atoms with Crippen molar-refractivity contribution < 1.29 is 0 Å². The van der Waals surface area contributed by atoms with Crippen LogP contribution in [0.1, 0.15) is 22.4 Å². The highest BCUT2D eigenvalue weighted by molar-refractivity contribution is 9.10. The summed E-state index contributed by atoms with van der Waals surface area (Å²) in [6, 6.07) is 5.82. The Morgan fingerprint density at radius 2 is 2.22 bits per heavy atom. The van der Waals surface area contributed by atoms with Crippen molar-refractivity contribution in [1.29, 1.82) is 0 Å². The van der Waals surface area contributed by atoms with Gasteiger partial charge in [-0.3, -0.25) is 0 Å². The second-order valence-corrected chi connectivity index (χ2v) is 6.40. The van der Waals surface area contributed by atoms with E-state index in [4.69, 9.17) is 11.6 Å². The summed E-state index contributed by atoms with van der Waals surface area (Å²) in [4.78, 5) is 5.71. The summed E-state index contributed by atoms with van der Waals surface area (Å²) in [7, 11) is 0. The van der Waals surface area contributed by atoms with Crippen molar-refractivity contribution in [3.8, 4) is 0 Å². The topological polar surface area (TPSA) is 24.9 Å². The third-order valence-electron chi connectivity index (χ3n) is 2.55. The molecule has 1 N–H and O–H groups in total. The van der Waals surface area contributed by atoms with E-state index in [0.717, 1.165) is 39.6 Å². The van der Waals surface area contributed by atoms with Gasteiger partial charge in [0.25, 0.3) is 0 Å². The number of aromatic nitrogens is 1. The lowest BCUT2D eigenvalue weighted by atomic mass is 10.2. The molecule has 0 aliphatic carbocycles. The number of thiazole rings is 1. The number of benzene rings is 1. The van der Waals surface area contributed by atoms with Crippen LogP contribution < -0.4 is 5.32 Å². The normalized spacial score (nSPS) is 10.8. The maximum atomic E-state index is 5.98. The lowest BCUT2D eigenvalue weighted by molar-refractivity contribution is 0.688. The fraction of sp³-hybridized carbons (Fsp3) is 0.308. The van der Waals surface area contributed by atoms with Crippen molar-refractivity contribution >= 4 is 38.9 Å². The minimum atomic E-state index is 0.762. The quantitative estimate of drug-likeness (QED) is 0.868. The van der Waals surface area contributed by atoms with Crippen LogP contribution in [0.4, 0.5) is 0 Å². The molecule has 0 fully saturated rings. The summed E-state index contributed by atoms with van der Waals surface area (Å²) in [5.41, 5.74) is 1.16. The van der Waals surface area contributed by atoms with Gasteiger partial charge >= 0.3 is 0 Å². The van der Waals surface area contributed by atoms with Gasteiger partial charge in [-0.1, -0.05) is 34.5 Å². The first-order chi connectivity index (χ1) is 8.69. The SMILES string of the molecule is CCc1cnc(CNCc2cc(Cl)ccc2Br)s1. The number of nitrogens with one attached hydrogen (secondary N) is 1. The highest BCUT2D eigenvalue weighted by atomic mass is 79.9. The Morgan fingerprint density at radius 1 is 1.39 bits per heavy atom. The molecule has 0 spiro atoms. The van der Waals surface area contributed by atoms with Gasteiger partial charge in [0, 0.05) is 33.7 Å². The molecule has 0 saturated heterocycles. The van der Waals surface area contributed by atoms with Crippen molar-refractivity contribution in [2.45, 2.75) is 26.4 Å². The van der Waals surface area contributed by atoms with Gasteiger partial charge in [-0.05, 0) is 30.2 Å². The van der Waals surface area contributed by atoms with Gasteiger partial charge in [0.2, 0.25) is 0 Å². The molecule has 0 unspecified atom stereocenters. The molecule has 1 aromatic carbocycles. The second kappa shape index (κ2) is 6.66. The molecule has 0 bridgehead atoms. The van der Waals surface area contributed by atoms with Crippen LogP contribution in [0.2, 0.25) is 5.02 Å². The van der Waals surface area contributed by atoms with Crippen molar-refractivity contribution in [3.05, 3.63) is 49.3 Å². The van der Waals surface area contributed by atoms with Gasteiger partial charge in [-0.25, -0.2) is 4.98 Å². The average Bonchev–Trinajstić information content (AvgIpc) is 2.81. The van der Waals surface area contributed by atoms with Gasteiger partial charge in [0.05, 0.1) is 0 Å². The molecule has 2 rings (SSSR count). The van der Waals surface area contributed by atoms with Crippen LogP contribution in [-0.4, -0.2) is 4.98 Å². The van der Waals surface area contributed by atoms with E-state index in [2.05, 4.69) is 33.2 Å². The molecule has 2 aromatic rings. The highest BCUT2D eigenvalue weighted by Gasteiger charge is 2.03. The van der Waals surface area contributed by atoms with Crippen LogP contribution in [0.3, 0.4) is 0 Å². The van der Waals surface area contributed by atoms with Crippen molar-refractivity contribution in [1.82, 2.24) is 10.3 Å². The number of halogens is 2.